The van der Waals surface area contributed by atoms with Gasteiger partial charge in [-0.2, -0.15) is 0 Å². The normalized spacial score (nSPS) is 14.1. The molecule has 20 heavy (non-hydrogen) atoms. The maximum atomic E-state index is 9.34. The van der Waals surface area contributed by atoms with Crippen molar-refractivity contribution in [2.24, 2.45) is 0 Å². The van der Waals surface area contributed by atoms with Crippen molar-refractivity contribution in [2.45, 2.75) is 52.2 Å². The zero-order chi connectivity index (χ0) is 15.0. The zero-order valence-corrected chi connectivity index (χ0v) is 13.4. The Morgan fingerprint density at radius 1 is 1.20 bits per heavy atom. The van der Waals surface area contributed by atoms with Gasteiger partial charge in [-0.25, -0.2) is 0 Å². The number of hydrogen-bond donors (Lipinski definition) is 2. The molecule has 0 aromatic heterocycles. The van der Waals surface area contributed by atoms with Gasteiger partial charge in [-0.1, -0.05) is 26.0 Å². The first-order chi connectivity index (χ1) is 9.58. The molecular weight excluding hydrogens is 248 g/mol. The van der Waals surface area contributed by atoms with Crippen molar-refractivity contribution in [1.82, 2.24) is 5.32 Å². The van der Waals surface area contributed by atoms with Crippen LogP contribution in [0.4, 0.5) is 5.69 Å². The summed E-state index contributed by atoms with van der Waals surface area (Å²) in [6.07, 6.45) is 2.83. The van der Waals surface area contributed by atoms with E-state index in [-0.39, 0.29) is 6.10 Å². The summed E-state index contributed by atoms with van der Waals surface area (Å²) >= 11 is 0. The SMILES string of the molecule is CCCNC(CC)c1ccc(N(C)CCC(C)O)cc1. The topological polar surface area (TPSA) is 35.5 Å². The molecule has 0 saturated carbocycles. The lowest BCUT2D eigenvalue weighted by Gasteiger charge is -2.22. The van der Waals surface area contributed by atoms with E-state index in [0.717, 1.165) is 32.4 Å². The number of rotatable bonds is 9. The zero-order valence-electron chi connectivity index (χ0n) is 13.4. The van der Waals surface area contributed by atoms with Gasteiger partial charge < -0.3 is 15.3 Å². The average Bonchev–Trinajstić information content (AvgIpc) is 2.46. The Labute approximate surface area is 124 Å². The Bertz CT molecular complexity index is 362. The Balaban J connectivity index is 2.62. The molecule has 0 saturated heterocycles. The lowest BCUT2D eigenvalue weighted by atomic mass is 10.0. The van der Waals surface area contributed by atoms with E-state index in [2.05, 4.69) is 55.4 Å². The Morgan fingerprint density at radius 3 is 2.35 bits per heavy atom. The third-order valence-electron chi connectivity index (χ3n) is 3.67. The van der Waals surface area contributed by atoms with Crippen molar-refractivity contribution in [1.29, 1.82) is 0 Å². The van der Waals surface area contributed by atoms with Crippen LogP contribution >= 0.6 is 0 Å². The first kappa shape index (κ1) is 17.0. The maximum Gasteiger partial charge on any atom is 0.0528 e. The highest BCUT2D eigenvalue weighted by atomic mass is 16.3. The van der Waals surface area contributed by atoms with E-state index in [1.165, 1.54) is 11.3 Å². The van der Waals surface area contributed by atoms with E-state index in [9.17, 15) is 5.11 Å². The van der Waals surface area contributed by atoms with Gasteiger partial charge in [0.05, 0.1) is 6.10 Å². The second-order valence-corrected chi connectivity index (χ2v) is 5.57. The summed E-state index contributed by atoms with van der Waals surface area (Å²) in [6, 6.07) is 9.23. The quantitative estimate of drug-likeness (QED) is 0.727. The Morgan fingerprint density at radius 2 is 1.85 bits per heavy atom. The maximum absolute atomic E-state index is 9.34. The molecule has 3 nitrogen and oxygen atoms in total. The van der Waals surface area contributed by atoms with Crippen LogP contribution < -0.4 is 10.2 Å². The third kappa shape index (κ3) is 5.51. The third-order valence-corrected chi connectivity index (χ3v) is 3.67. The van der Waals surface area contributed by atoms with Crippen molar-refractivity contribution in [2.75, 3.05) is 25.0 Å². The van der Waals surface area contributed by atoms with Gasteiger partial charge in [0.25, 0.3) is 0 Å². The van der Waals surface area contributed by atoms with Gasteiger partial charge >= 0.3 is 0 Å². The van der Waals surface area contributed by atoms with E-state index in [1.54, 1.807) is 0 Å². The molecule has 0 heterocycles. The smallest absolute Gasteiger partial charge is 0.0528 e. The molecule has 0 amide bonds. The number of anilines is 1. The molecule has 1 aromatic carbocycles. The molecule has 114 valence electrons. The molecule has 0 aliphatic rings. The predicted octanol–water partition coefficient (Wildman–Crippen LogP) is 3.34. The molecule has 2 atom stereocenters. The molecule has 2 N–H and O–H groups in total. The van der Waals surface area contributed by atoms with Gasteiger partial charge in [-0.05, 0) is 50.4 Å². The fourth-order valence-electron chi connectivity index (χ4n) is 2.29. The minimum absolute atomic E-state index is 0.237. The largest absolute Gasteiger partial charge is 0.393 e. The summed E-state index contributed by atoms with van der Waals surface area (Å²) < 4.78 is 0. The van der Waals surface area contributed by atoms with Crippen LogP contribution in [0.1, 0.15) is 51.6 Å². The van der Waals surface area contributed by atoms with Crippen LogP contribution in [0, 0.1) is 0 Å². The van der Waals surface area contributed by atoms with Gasteiger partial charge in [0.1, 0.15) is 0 Å². The monoisotopic (exact) mass is 278 g/mol. The number of benzene rings is 1. The summed E-state index contributed by atoms with van der Waals surface area (Å²) in [7, 11) is 2.07. The molecule has 0 aliphatic carbocycles. The van der Waals surface area contributed by atoms with E-state index >= 15 is 0 Å². The van der Waals surface area contributed by atoms with E-state index in [4.69, 9.17) is 0 Å². The molecule has 3 heteroatoms. The average molecular weight is 278 g/mol. The number of aliphatic hydroxyl groups excluding tert-OH is 1. The number of nitrogens with zero attached hydrogens (tertiary/aromatic N) is 1. The second kappa shape index (κ2) is 8.98. The van der Waals surface area contributed by atoms with Crippen molar-refractivity contribution in [3.8, 4) is 0 Å². The van der Waals surface area contributed by atoms with E-state index < -0.39 is 0 Å². The first-order valence-electron chi connectivity index (χ1n) is 7.81. The van der Waals surface area contributed by atoms with Crippen LogP contribution in [0.2, 0.25) is 0 Å². The van der Waals surface area contributed by atoms with Crippen LogP contribution in [0.15, 0.2) is 24.3 Å². The van der Waals surface area contributed by atoms with Gasteiger partial charge in [0.2, 0.25) is 0 Å². The summed E-state index contributed by atoms with van der Waals surface area (Å²) in [6.45, 7) is 8.19. The molecule has 0 fully saturated rings. The van der Waals surface area contributed by atoms with Gasteiger partial charge in [0, 0.05) is 25.3 Å². The number of aliphatic hydroxyl groups is 1. The molecule has 0 radical (unpaired) electrons. The highest BCUT2D eigenvalue weighted by Crippen LogP contribution is 2.21. The summed E-state index contributed by atoms with van der Waals surface area (Å²) in [5, 5.41) is 12.9. The van der Waals surface area contributed by atoms with Crippen LogP contribution in [0.5, 0.6) is 0 Å². The highest BCUT2D eigenvalue weighted by Gasteiger charge is 2.09. The van der Waals surface area contributed by atoms with E-state index in [0.29, 0.717) is 6.04 Å². The van der Waals surface area contributed by atoms with Crippen LogP contribution in [0.3, 0.4) is 0 Å². The summed E-state index contributed by atoms with van der Waals surface area (Å²) in [4.78, 5) is 2.19. The lowest BCUT2D eigenvalue weighted by molar-refractivity contribution is 0.187. The Kier molecular flexibility index (Phi) is 7.63. The molecule has 0 bridgehead atoms. The molecule has 1 rings (SSSR count). The number of hydrogen-bond acceptors (Lipinski definition) is 3. The standard InChI is InChI=1S/C17H30N2O/c1-5-12-18-17(6-2)15-7-9-16(10-8-15)19(4)13-11-14(3)20/h7-10,14,17-18,20H,5-6,11-13H2,1-4H3. The van der Waals surface area contributed by atoms with Crippen molar-refractivity contribution in [3.05, 3.63) is 29.8 Å². The van der Waals surface area contributed by atoms with Gasteiger partial charge in [0.15, 0.2) is 0 Å². The Hall–Kier alpha value is -1.06. The first-order valence-corrected chi connectivity index (χ1v) is 7.81. The van der Waals surface area contributed by atoms with E-state index in [1.807, 2.05) is 6.92 Å². The predicted molar refractivity (Wildman–Crippen MR) is 87.3 cm³/mol. The van der Waals surface area contributed by atoms with Crippen molar-refractivity contribution in [3.63, 3.8) is 0 Å². The van der Waals surface area contributed by atoms with Crippen LogP contribution in [-0.2, 0) is 0 Å². The molecule has 0 spiro atoms. The van der Waals surface area contributed by atoms with Crippen LogP contribution in [-0.4, -0.2) is 31.3 Å². The molecule has 1 aromatic rings. The fourth-order valence-corrected chi connectivity index (χ4v) is 2.29. The highest BCUT2D eigenvalue weighted by molar-refractivity contribution is 5.47. The minimum atomic E-state index is -0.237. The lowest BCUT2D eigenvalue weighted by Crippen LogP contribution is -2.23. The molecule has 0 aliphatic heterocycles. The second-order valence-electron chi connectivity index (χ2n) is 5.57. The fraction of sp³-hybridized carbons (Fsp3) is 0.647. The summed E-state index contributed by atoms with van der Waals surface area (Å²) in [5.74, 6) is 0. The van der Waals surface area contributed by atoms with Gasteiger partial charge in [-0.3, -0.25) is 0 Å². The van der Waals surface area contributed by atoms with Crippen molar-refractivity contribution < 1.29 is 5.11 Å². The molecule has 2 unspecified atom stereocenters. The van der Waals surface area contributed by atoms with Crippen molar-refractivity contribution >= 4 is 5.69 Å². The summed E-state index contributed by atoms with van der Waals surface area (Å²) in [5.41, 5.74) is 2.56. The van der Waals surface area contributed by atoms with Crippen LogP contribution in [0.25, 0.3) is 0 Å². The van der Waals surface area contributed by atoms with Gasteiger partial charge in [-0.15, -0.1) is 0 Å². The minimum Gasteiger partial charge on any atom is -0.393 e. The molecular formula is C17H30N2O. The number of nitrogens with one attached hydrogen (secondary N) is 1.